The molecule has 0 aliphatic carbocycles. The summed E-state index contributed by atoms with van der Waals surface area (Å²) in [6.07, 6.45) is 2.11. The van der Waals surface area contributed by atoms with Crippen LogP contribution in [0.2, 0.25) is 1.41 Å². The number of Topliss-reactive ketones (excluding diaryl/α,β-unsaturated/α-hetero) is 1. The third-order valence-corrected chi connectivity index (χ3v) is 1.78. The number of carbonyl (C=O) groups is 2. The molecule has 0 heterocycles. The SMILES string of the molecule is [2H]N(CCCCC(N)C(C)=O)C(C)=O. The summed E-state index contributed by atoms with van der Waals surface area (Å²) in [5, 5.41) is 0.916. The second kappa shape index (κ2) is 6.60. The zero-order valence-corrected chi connectivity index (χ0v) is 8.25. The van der Waals surface area contributed by atoms with E-state index >= 15 is 0 Å². The first kappa shape index (κ1) is 10.2. The molecular formula is C9H18N2O2. The maximum atomic E-state index is 10.8. The van der Waals surface area contributed by atoms with Gasteiger partial charge >= 0.3 is 0 Å². The highest BCUT2D eigenvalue weighted by Crippen LogP contribution is 1.98. The number of carbonyl (C=O) groups excluding carboxylic acids is 2. The van der Waals surface area contributed by atoms with Crippen molar-refractivity contribution in [1.82, 2.24) is 5.31 Å². The molecule has 0 rings (SSSR count). The summed E-state index contributed by atoms with van der Waals surface area (Å²) in [5.74, 6) is -0.278. The predicted octanol–water partition coefficient (Wildman–Crippen LogP) is 0.209. The molecule has 0 aliphatic heterocycles. The van der Waals surface area contributed by atoms with Gasteiger partial charge in [-0.15, -0.1) is 0 Å². The first-order chi connectivity index (χ1) is 6.45. The van der Waals surface area contributed by atoms with Crippen molar-refractivity contribution >= 4 is 11.7 Å². The van der Waals surface area contributed by atoms with Crippen LogP contribution in [-0.2, 0) is 9.59 Å². The van der Waals surface area contributed by atoms with Gasteiger partial charge < -0.3 is 11.0 Å². The van der Waals surface area contributed by atoms with Crippen LogP contribution in [0.15, 0.2) is 0 Å². The Morgan fingerprint density at radius 2 is 2.08 bits per heavy atom. The Hall–Kier alpha value is -0.900. The van der Waals surface area contributed by atoms with Gasteiger partial charge in [0.15, 0.2) is 1.41 Å². The van der Waals surface area contributed by atoms with Gasteiger partial charge in [0, 0.05) is 13.5 Å². The zero-order chi connectivity index (χ0) is 11.1. The molecular weight excluding hydrogens is 168 g/mol. The van der Waals surface area contributed by atoms with Crippen LogP contribution in [0.3, 0.4) is 0 Å². The average molecular weight is 187 g/mol. The topological polar surface area (TPSA) is 72.2 Å². The molecule has 0 saturated heterocycles. The van der Waals surface area contributed by atoms with Crippen LogP contribution in [0, 0.1) is 0 Å². The van der Waals surface area contributed by atoms with Gasteiger partial charge in [0.1, 0.15) is 5.78 Å². The normalized spacial score (nSPS) is 13.3. The van der Waals surface area contributed by atoms with Crippen molar-refractivity contribution in [3.05, 3.63) is 0 Å². The van der Waals surface area contributed by atoms with Crippen LogP contribution in [0.5, 0.6) is 0 Å². The fraction of sp³-hybridized carbons (Fsp3) is 0.778. The molecule has 1 amide bonds. The number of nitrogens with two attached hydrogens (primary N) is 1. The number of hydrogen-bond acceptors (Lipinski definition) is 3. The maximum Gasteiger partial charge on any atom is 0.216 e. The van der Waals surface area contributed by atoms with E-state index in [1.807, 2.05) is 0 Å². The summed E-state index contributed by atoms with van der Waals surface area (Å²) in [5.41, 5.74) is 5.52. The summed E-state index contributed by atoms with van der Waals surface area (Å²) in [7, 11) is 0. The van der Waals surface area contributed by atoms with Gasteiger partial charge in [-0.25, -0.2) is 0 Å². The lowest BCUT2D eigenvalue weighted by atomic mass is 10.1. The van der Waals surface area contributed by atoms with E-state index in [4.69, 9.17) is 7.15 Å². The standard InChI is InChI=1S/C9H18N2O2/c1-7(12)9(10)5-3-4-6-11-8(2)13/h9H,3-6,10H2,1-2H3,(H,11,13)/i/hD. The molecule has 0 fully saturated rings. The minimum atomic E-state index is -0.397. The highest BCUT2D eigenvalue weighted by Gasteiger charge is 2.06. The van der Waals surface area contributed by atoms with Crippen LogP contribution < -0.4 is 11.0 Å². The molecule has 0 saturated carbocycles. The smallest absolute Gasteiger partial charge is 0.216 e. The molecule has 1 atom stereocenters. The molecule has 0 aromatic rings. The summed E-state index contributed by atoms with van der Waals surface area (Å²) in [6, 6.07) is -0.397. The lowest BCUT2D eigenvalue weighted by Gasteiger charge is -2.06. The largest absolute Gasteiger partial charge is 0.356 e. The number of rotatable bonds is 6. The first-order valence-corrected chi connectivity index (χ1v) is 4.48. The Morgan fingerprint density at radius 3 is 2.54 bits per heavy atom. The molecule has 0 aromatic heterocycles. The minimum absolute atomic E-state index is 0.0145. The molecule has 0 radical (unpaired) electrons. The monoisotopic (exact) mass is 187 g/mol. The van der Waals surface area contributed by atoms with Crippen LogP contribution in [-0.4, -0.2) is 24.3 Å². The van der Waals surface area contributed by atoms with Gasteiger partial charge in [-0.1, -0.05) is 0 Å². The third kappa shape index (κ3) is 7.46. The highest BCUT2D eigenvalue weighted by atomic mass is 16.1. The number of hydrogen-bond donors (Lipinski definition) is 2. The molecule has 0 bridgehead atoms. The third-order valence-electron chi connectivity index (χ3n) is 1.78. The van der Waals surface area contributed by atoms with Gasteiger partial charge in [-0.05, 0) is 26.2 Å². The Kier molecular flexibility index (Phi) is 5.17. The molecule has 1 unspecified atom stereocenters. The quantitative estimate of drug-likeness (QED) is 0.584. The van der Waals surface area contributed by atoms with Crippen molar-refractivity contribution in [2.75, 3.05) is 6.54 Å². The summed E-state index contributed by atoms with van der Waals surface area (Å²) >= 11 is 0. The Bertz CT molecular complexity index is 187. The number of ketones is 1. The summed E-state index contributed by atoms with van der Waals surface area (Å²) in [6.45, 7) is 3.23. The predicted molar refractivity (Wildman–Crippen MR) is 51.2 cm³/mol. The van der Waals surface area contributed by atoms with Crippen LogP contribution >= 0.6 is 0 Å². The number of unbranched alkanes of at least 4 members (excludes halogenated alkanes) is 1. The molecule has 4 heteroatoms. The second-order valence-electron chi connectivity index (χ2n) is 3.11. The van der Waals surface area contributed by atoms with Crippen LogP contribution in [0.1, 0.15) is 33.1 Å². The van der Waals surface area contributed by atoms with Crippen molar-refractivity contribution in [2.24, 2.45) is 5.73 Å². The summed E-state index contributed by atoms with van der Waals surface area (Å²) in [4.78, 5) is 21.4. The molecule has 76 valence electrons. The van der Waals surface area contributed by atoms with Gasteiger partial charge in [0.25, 0.3) is 0 Å². The Morgan fingerprint density at radius 1 is 1.46 bits per heavy atom. The summed E-state index contributed by atoms with van der Waals surface area (Å²) < 4.78 is 7.18. The Labute approximate surface area is 80.3 Å². The first-order valence-electron chi connectivity index (χ1n) is 4.93. The van der Waals surface area contributed by atoms with E-state index in [1.165, 1.54) is 13.8 Å². The van der Waals surface area contributed by atoms with Gasteiger partial charge in [-0.3, -0.25) is 9.59 Å². The van der Waals surface area contributed by atoms with Crippen molar-refractivity contribution < 1.29 is 11.0 Å². The molecule has 4 nitrogen and oxygen atoms in total. The van der Waals surface area contributed by atoms with E-state index < -0.39 is 6.04 Å². The van der Waals surface area contributed by atoms with E-state index in [0.29, 0.717) is 19.4 Å². The molecule has 0 spiro atoms. The van der Waals surface area contributed by atoms with Crippen molar-refractivity contribution in [2.45, 2.75) is 39.2 Å². The number of amides is 1. The lowest BCUT2D eigenvalue weighted by Crippen LogP contribution is -2.28. The zero-order valence-electron chi connectivity index (χ0n) is 9.25. The van der Waals surface area contributed by atoms with Crippen LogP contribution in [0.4, 0.5) is 0 Å². The van der Waals surface area contributed by atoms with E-state index in [0.717, 1.165) is 11.7 Å². The van der Waals surface area contributed by atoms with E-state index in [-0.39, 0.29) is 11.7 Å². The van der Waals surface area contributed by atoms with E-state index in [2.05, 4.69) is 0 Å². The van der Waals surface area contributed by atoms with Crippen molar-refractivity contribution in [3.8, 4) is 0 Å². The van der Waals surface area contributed by atoms with Crippen molar-refractivity contribution in [1.29, 1.82) is 0 Å². The fourth-order valence-corrected chi connectivity index (χ4v) is 0.916. The number of nitrogens with one attached hydrogen (secondary N) is 1. The minimum Gasteiger partial charge on any atom is -0.356 e. The highest BCUT2D eigenvalue weighted by molar-refractivity contribution is 5.81. The lowest BCUT2D eigenvalue weighted by molar-refractivity contribution is -0.119. The Balaban J connectivity index is 3.47. The van der Waals surface area contributed by atoms with Crippen LogP contribution in [0.25, 0.3) is 0 Å². The van der Waals surface area contributed by atoms with E-state index in [9.17, 15) is 9.59 Å². The molecule has 0 aliphatic rings. The van der Waals surface area contributed by atoms with Gasteiger partial charge in [0.05, 0.1) is 6.04 Å². The molecule has 0 aromatic carbocycles. The molecule has 3 N–H and O–H groups in total. The molecule has 13 heavy (non-hydrogen) atoms. The maximum absolute atomic E-state index is 10.8. The second-order valence-corrected chi connectivity index (χ2v) is 3.11. The fourth-order valence-electron chi connectivity index (χ4n) is 0.916. The van der Waals surface area contributed by atoms with Crippen molar-refractivity contribution in [3.63, 3.8) is 0 Å². The van der Waals surface area contributed by atoms with Gasteiger partial charge in [-0.2, -0.15) is 0 Å². The van der Waals surface area contributed by atoms with E-state index in [1.54, 1.807) is 0 Å². The van der Waals surface area contributed by atoms with Gasteiger partial charge in [0.2, 0.25) is 5.91 Å². The average Bonchev–Trinajstić information content (AvgIpc) is 2.11.